The highest BCUT2D eigenvalue weighted by molar-refractivity contribution is 7.99. The third-order valence-corrected chi connectivity index (χ3v) is 4.02. The van der Waals surface area contributed by atoms with Gasteiger partial charge >= 0.3 is 5.97 Å². The van der Waals surface area contributed by atoms with Crippen molar-refractivity contribution in [3.8, 4) is 5.75 Å². The van der Waals surface area contributed by atoms with Crippen LogP contribution in [0.25, 0.3) is 10.9 Å². The van der Waals surface area contributed by atoms with Crippen molar-refractivity contribution in [1.82, 2.24) is 9.55 Å². The number of esters is 1. The Bertz CT molecular complexity index is 785. The molecule has 23 heavy (non-hydrogen) atoms. The highest BCUT2D eigenvalue weighted by Gasteiger charge is 2.15. The van der Waals surface area contributed by atoms with Crippen LogP contribution in [-0.4, -0.2) is 35.0 Å². The number of hydrogen-bond donors (Lipinski definition) is 0. The summed E-state index contributed by atoms with van der Waals surface area (Å²) in [6.07, 6.45) is 1.71. The van der Waals surface area contributed by atoms with Gasteiger partial charge in [-0.1, -0.05) is 17.8 Å². The number of hydrogen-bond acceptors (Lipinski definition) is 6. The first-order chi connectivity index (χ1) is 11.1. The third kappa shape index (κ3) is 3.92. The Hall–Kier alpha value is -2.28. The molecule has 0 amide bonds. The first-order valence-corrected chi connectivity index (χ1v) is 8.07. The van der Waals surface area contributed by atoms with Crippen LogP contribution in [0.15, 0.2) is 40.8 Å². The molecule has 0 aliphatic carbocycles. The first kappa shape index (κ1) is 17.1. The van der Waals surface area contributed by atoms with E-state index in [0.29, 0.717) is 27.6 Å². The zero-order valence-corrected chi connectivity index (χ0v) is 13.9. The largest absolute Gasteiger partial charge is 0.497 e. The highest BCUT2D eigenvalue weighted by Crippen LogP contribution is 2.21. The van der Waals surface area contributed by atoms with Gasteiger partial charge in [-0.15, -0.1) is 6.58 Å². The van der Waals surface area contributed by atoms with E-state index in [4.69, 9.17) is 9.47 Å². The van der Waals surface area contributed by atoms with Crippen molar-refractivity contribution in [2.75, 3.05) is 19.5 Å². The Kier molecular flexibility index (Phi) is 5.81. The minimum Gasteiger partial charge on any atom is -0.497 e. The Balaban J connectivity index is 2.57. The van der Waals surface area contributed by atoms with Crippen molar-refractivity contribution in [2.24, 2.45) is 0 Å². The second kappa shape index (κ2) is 7.82. The monoisotopic (exact) mass is 334 g/mol. The Labute approximate surface area is 138 Å². The van der Waals surface area contributed by atoms with E-state index in [1.807, 2.05) is 0 Å². The van der Waals surface area contributed by atoms with Gasteiger partial charge in [0.15, 0.2) is 5.16 Å². The van der Waals surface area contributed by atoms with Gasteiger partial charge in [-0.25, -0.2) is 4.98 Å². The van der Waals surface area contributed by atoms with Crippen LogP contribution in [0.5, 0.6) is 5.75 Å². The molecule has 0 fully saturated rings. The Morgan fingerprint density at radius 1 is 1.48 bits per heavy atom. The van der Waals surface area contributed by atoms with Crippen LogP contribution in [0.2, 0.25) is 0 Å². The molecule has 7 heteroatoms. The van der Waals surface area contributed by atoms with Crippen LogP contribution < -0.4 is 10.3 Å². The maximum atomic E-state index is 12.7. The van der Waals surface area contributed by atoms with Crippen LogP contribution >= 0.6 is 11.8 Å². The van der Waals surface area contributed by atoms with Gasteiger partial charge in [0.05, 0.1) is 24.6 Å². The van der Waals surface area contributed by atoms with Gasteiger partial charge in [-0.3, -0.25) is 14.2 Å². The number of rotatable bonds is 7. The second-order valence-corrected chi connectivity index (χ2v) is 5.56. The van der Waals surface area contributed by atoms with Gasteiger partial charge in [-0.2, -0.15) is 0 Å². The molecule has 122 valence electrons. The van der Waals surface area contributed by atoms with Crippen molar-refractivity contribution in [3.05, 3.63) is 41.2 Å². The molecule has 0 aliphatic rings. The lowest BCUT2D eigenvalue weighted by atomic mass is 10.2. The normalized spacial score (nSPS) is 10.5. The molecular formula is C16H18N2O4S. The Morgan fingerprint density at radius 3 is 2.91 bits per heavy atom. The quantitative estimate of drug-likeness (QED) is 0.335. The molecule has 0 saturated carbocycles. The number of carbonyl (C=O) groups is 1. The summed E-state index contributed by atoms with van der Waals surface area (Å²) in [7, 11) is 1.53. The number of aromatic nitrogens is 2. The maximum Gasteiger partial charge on any atom is 0.326 e. The van der Waals surface area contributed by atoms with Gasteiger partial charge < -0.3 is 9.47 Å². The SMILES string of the molecule is C=CCSc1nc2ccc(OC)cc2c(=O)n1CC(=O)OCC. The van der Waals surface area contributed by atoms with E-state index in [-0.39, 0.29) is 18.7 Å². The summed E-state index contributed by atoms with van der Waals surface area (Å²) in [5.74, 6) is 0.668. The van der Waals surface area contributed by atoms with Gasteiger partial charge in [-0.05, 0) is 25.1 Å². The fraction of sp³-hybridized carbons (Fsp3) is 0.312. The van der Waals surface area contributed by atoms with E-state index in [2.05, 4.69) is 11.6 Å². The molecule has 0 bridgehead atoms. The lowest BCUT2D eigenvalue weighted by Gasteiger charge is -2.12. The summed E-state index contributed by atoms with van der Waals surface area (Å²) >= 11 is 1.34. The van der Waals surface area contributed by atoms with Gasteiger partial charge in [0.25, 0.3) is 5.56 Å². The van der Waals surface area contributed by atoms with Crippen LogP contribution in [0.4, 0.5) is 0 Å². The van der Waals surface area contributed by atoms with Crippen LogP contribution in [0.1, 0.15) is 6.92 Å². The lowest BCUT2D eigenvalue weighted by Crippen LogP contribution is -2.28. The number of carbonyl (C=O) groups excluding carboxylic acids is 1. The van der Waals surface area contributed by atoms with Gasteiger partial charge in [0.1, 0.15) is 12.3 Å². The zero-order valence-electron chi connectivity index (χ0n) is 13.1. The number of thioether (sulfide) groups is 1. The van der Waals surface area contributed by atoms with E-state index < -0.39 is 5.97 Å². The predicted octanol–water partition coefficient (Wildman–Crippen LogP) is 2.25. The van der Waals surface area contributed by atoms with Gasteiger partial charge in [0.2, 0.25) is 0 Å². The highest BCUT2D eigenvalue weighted by atomic mass is 32.2. The minimum atomic E-state index is -0.473. The molecule has 6 nitrogen and oxygen atoms in total. The second-order valence-electron chi connectivity index (χ2n) is 4.57. The summed E-state index contributed by atoms with van der Waals surface area (Å²) in [5, 5.41) is 0.859. The first-order valence-electron chi connectivity index (χ1n) is 7.08. The van der Waals surface area contributed by atoms with E-state index in [1.54, 1.807) is 31.2 Å². The van der Waals surface area contributed by atoms with Crippen LogP contribution in [0, 0.1) is 0 Å². The fourth-order valence-corrected chi connectivity index (χ4v) is 2.76. The number of fused-ring (bicyclic) bond motifs is 1. The molecule has 0 saturated heterocycles. The number of benzene rings is 1. The molecule has 0 radical (unpaired) electrons. The summed E-state index contributed by atoms with van der Waals surface area (Å²) < 4.78 is 11.4. The molecule has 2 rings (SSSR count). The number of nitrogens with zero attached hydrogens (tertiary/aromatic N) is 2. The number of ether oxygens (including phenoxy) is 2. The minimum absolute atomic E-state index is 0.174. The zero-order chi connectivity index (χ0) is 16.8. The molecule has 2 aromatic rings. The summed E-state index contributed by atoms with van der Waals surface area (Å²) in [6, 6.07) is 5.09. The lowest BCUT2D eigenvalue weighted by molar-refractivity contribution is -0.144. The predicted molar refractivity (Wildman–Crippen MR) is 90.1 cm³/mol. The van der Waals surface area contributed by atoms with E-state index >= 15 is 0 Å². The van der Waals surface area contributed by atoms with E-state index in [1.165, 1.54) is 23.4 Å². The number of methoxy groups -OCH3 is 1. The molecule has 0 spiro atoms. The van der Waals surface area contributed by atoms with Crippen molar-refractivity contribution >= 4 is 28.6 Å². The summed E-state index contributed by atoms with van der Waals surface area (Å²) in [4.78, 5) is 29.0. The molecule has 0 aliphatic heterocycles. The summed E-state index contributed by atoms with van der Waals surface area (Å²) in [5.41, 5.74) is 0.260. The smallest absolute Gasteiger partial charge is 0.326 e. The van der Waals surface area contributed by atoms with Crippen molar-refractivity contribution in [3.63, 3.8) is 0 Å². The molecular weight excluding hydrogens is 316 g/mol. The molecule has 0 unspecified atom stereocenters. The fourth-order valence-electron chi connectivity index (χ4n) is 2.03. The molecule has 1 heterocycles. The van der Waals surface area contributed by atoms with Crippen molar-refractivity contribution in [1.29, 1.82) is 0 Å². The Morgan fingerprint density at radius 2 is 2.26 bits per heavy atom. The maximum absolute atomic E-state index is 12.7. The molecule has 1 aromatic heterocycles. The molecule has 0 N–H and O–H groups in total. The standard InChI is InChI=1S/C16H18N2O4S/c1-4-8-23-16-17-13-7-6-11(21-3)9-12(13)15(20)18(16)10-14(19)22-5-2/h4,6-7,9H,1,5,8,10H2,2-3H3. The van der Waals surface area contributed by atoms with Crippen LogP contribution in [0.3, 0.4) is 0 Å². The van der Waals surface area contributed by atoms with Crippen molar-refractivity contribution < 1.29 is 14.3 Å². The third-order valence-electron chi connectivity index (χ3n) is 3.05. The molecule has 0 atom stereocenters. The van der Waals surface area contributed by atoms with Gasteiger partial charge in [0, 0.05) is 5.75 Å². The van der Waals surface area contributed by atoms with Crippen molar-refractivity contribution in [2.45, 2.75) is 18.6 Å². The summed E-state index contributed by atoms with van der Waals surface area (Å²) in [6.45, 7) is 5.47. The van der Waals surface area contributed by atoms with E-state index in [0.717, 1.165) is 0 Å². The van der Waals surface area contributed by atoms with Crippen LogP contribution in [-0.2, 0) is 16.1 Å². The topological polar surface area (TPSA) is 70.4 Å². The molecule has 1 aromatic carbocycles. The average Bonchev–Trinajstić information content (AvgIpc) is 2.55. The average molecular weight is 334 g/mol. The van der Waals surface area contributed by atoms with E-state index in [9.17, 15) is 9.59 Å².